The summed E-state index contributed by atoms with van der Waals surface area (Å²) in [6, 6.07) is 13.5. The van der Waals surface area contributed by atoms with Crippen molar-refractivity contribution in [1.82, 2.24) is 20.5 Å². The van der Waals surface area contributed by atoms with E-state index in [0.717, 1.165) is 10.8 Å². The molecule has 2 N–H and O–H groups in total. The third-order valence-electron chi connectivity index (χ3n) is 2.92. The van der Waals surface area contributed by atoms with Gasteiger partial charge in [0.1, 0.15) is 12.2 Å². The number of benzene rings is 2. The Morgan fingerprint density at radius 3 is 2.84 bits per heavy atom. The minimum Gasteiger partial charge on any atom is -0.345 e. The molecule has 1 aromatic heterocycles. The monoisotopic (exact) mass is 252 g/mol. The molecule has 0 atom stereocenters. The van der Waals surface area contributed by atoms with Crippen LogP contribution in [-0.2, 0) is 6.54 Å². The molecule has 94 valence electrons. The van der Waals surface area contributed by atoms with E-state index in [2.05, 4.69) is 20.5 Å². The fourth-order valence-corrected chi connectivity index (χ4v) is 2.00. The van der Waals surface area contributed by atoms with E-state index in [1.54, 1.807) is 0 Å². The zero-order chi connectivity index (χ0) is 13.1. The van der Waals surface area contributed by atoms with Crippen molar-refractivity contribution in [1.29, 1.82) is 0 Å². The zero-order valence-corrected chi connectivity index (χ0v) is 10.1. The third-order valence-corrected chi connectivity index (χ3v) is 2.92. The summed E-state index contributed by atoms with van der Waals surface area (Å²) in [7, 11) is 0. The fourth-order valence-electron chi connectivity index (χ4n) is 2.00. The van der Waals surface area contributed by atoms with Gasteiger partial charge >= 0.3 is 0 Å². The third kappa shape index (κ3) is 2.30. The molecule has 19 heavy (non-hydrogen) atoms. The molecule has 0 fully saturated rings. The summed E-state index contributed by atoms with van der Waals surface area (Å²) in [5.41, 5.74) is 0.664. The topological polar surface area (TPSA) is 70.7 Å². The summed E-state index contributed by atoms with van der Waals surface area (Å²) in [5, 5.41) is 11.3. The van der Waals surface area contributed by atoms with E-state index < -0.39 is 0 Å². The number of carbonyl (C=O) groups excluding carboxylic acids is 1. The van der Waals surface area contributed by atoms with Crippen LogP contribution in [0, 0.1) is 0 Å². The molecule has 0 aliphatic rings. The molecule has 5 nitrogen and oxygen atoms in total. The lowest BCUT2D eigenvalue weighted by Crippen LogP contribution is -2.23. The van der Waals surface area contributed by atoms with Gasteiger partial charge in [-0.25, -0.2) is 4.98 Å². The number of amides is 1. The second-order valence-corrected chi connectivity index (χ2v) is 4.14. The molecule has 0 spiro atoms. The average Bonchev–Trinajstić information content (AvgIpc) is 2.97. The standard InChI is InChI=1S/C14H12N4O/c19-14(15-8-13-16-9-17-18-13)12-7-3-5-10-4-1-2-6-11(10)12/h1-7,9H,8H2,(H,15,19)(H,16,17,18). The van der Waals surface area contributed by atoms with Crippen molar-refractivity contribution in [2.24, 2.45) is 0 Å². The number of hydrogen-bond acceptors (Lipinski definition) is 3. The molecule has 0 unspecified atom stereocenters. The molecule has 0 aliphatic carbocycles. The smallest absolute Gasteiger partial charge is 0.252 e. The summed E-state index contributed by atoms with van der Waals surface area (Å²) in [5.74, 6) is 0.516. The first-order valence-electron chi connectivity index (χ1n) is 5.95. The molecule has 1 heterocycles. The van der Waals surface area contributed by atoms with Gasteiger partial charge in [0, 0.05) is 5.56 Å². The van der Waals surface area contributed by atoms with Crippen LogP contribution in [0.2, 0.25) is 0 Å². The van der Waals surface area contributed by atoms with Gasteiger partial charge < -0.3 is 5.32 Å². The predicted octanol–water partition coefficient (Wildman–Crippen LogP) is 1.89. The summed E-state index contributed by atoms with van der Waals surface area (Å²) >= 11 is 0. The number of nitrogens with zero attached hydrogens (tertiary/aromatic N) is 2. The quantitative estimate of drug-likeness (QED) is 0.747. The molecule has 1 amide bonds. The first-order valence-corrected chi connectivity index (χ1v) is 5.95. The van der Waals surface area contributed by atoms with E-state index in [1.165, 1.54) is 6.33 Å². The number of fused-ring (bicyclic) bond motifs is 1. The van der Waals surface area contributed by atoms with Gasteiger partial charge in [-0.3, -0.25) is 9.89 Å². The van der Waals surface area contributed by atoms with Crippen LogP contribution in [0.4, 0.5) is 0 Å². The Hall–Kier alpha value is -2.69. The van der Waals surface area contributed by atoms with Gasteiger partial charge in [-0.1, -0.05) is 36.4 Å². The lowest BCUT2D eigenvalue weighted by atomic mass is 10.0. The summed E-state index contributed by atoms with van der Waals surface area (Å²) in [6.45, 7) is 0.335. The SMILES string of the molecule is O=C(NCc1ncn[nH]1)c1cccc2ccccc12. The molecule has 3 aromatic rings. The van der Waals surface area contributed by atoms with Crippen LogP contribution in [-0.4, -0.2) is 21.1 Å². The van der Waals surface area contributed by atoms with E-state index in [-0.39, 0.29) is 5.91 Å². The van der Waals surface area contributed by atoms with Gasteiger partial charge in [-0.15, -0.1) is 0 Å². The molecule has 0 aliphatic heterocycles. The van der Waals surface area contributed by atoms with Crippen molar-refractivity contribution in [2.75, 3.05) is 0 Å². The maximum absolute atomic E-state index is 12.2. The van der Waals surface area contributed by atoms with Crippen molar-refractivity contribution in [2.45, 2.75) is 6.54 Å². The normalized spacial score (nSPS) is 10.5. The summed E-state index contributed by atoms with van der Waals surface area (Å²) < 4.78 is 0. The predicted molar refractivity (Wildman–Crippen MR) is 71.5 cm³/mol. The Labute approximate surface area is 109 Å². The lowest BCUT2D eigenvalue weighted by Gasteiger charge is -2.06. The number of aromatic amines is 1. The number of nitrogens with one attached hydrogen (secondary N) is 2. The highest BCUT2D eigenvalue weighted by Crippen LogP contribution is 2.18. The highest BCUT2D eigenvalue weighted by atomic mass is 16.1. The van der Waals surface area contributed by atoms with Crippen molar-refractivity contribution in [3.63, 3.8) is 0 Å². The van der Waals surface area contributed by atoms with Crippen LogP contribution in [0.5, 0.6) is 0 Å². The Bertz CT molecular complexity index is 701. The van der Waals surface area contributed by atoms with Crippen molar-refractivity contribution >= 4 is 16.7 Å². The fraction of sp³-hybridized carbons (Fsp3) is 0.0714. The van der Waals surface area contributed by atoms with Gasteiger partial charge in [-0.05, 0) is 16.8 Å². The number of rotatable bonds is 3. The van der Waals surface area contributed by atoms with E-state index in [1.807, 2.05) is 42.5 Å². The first-order chi connectivity index (χ1) is 9.34. The van der Waals surface area contributed by atoms with E-state index in [9.17, 15) is 4.79 Å². The maximum Gasteiger partial charge on any atom is 0.252 e. The minimum atomic E-state index is -0.117. The number of hydrogen-bond donors (Lipinski definition) is 2. The Morgan fingerprint density at radius 1 is 1.16 bits per heavy atom. The van der Waals surface area contributed by atoms with Crippen LogP contribution in [0.15, 0.2) is 48.8 Å². The molecular formula is C14H12N4O. The average molecular weight is 252 g/mol. The molecule has 0 bridgehead atoms. The van der Waals surface area contributed by atoms with Gasteiger partial charge in [0.05, 0.1) is 6.54 Å². The van der Waals surface area contributed by atoms with E-state index >= 15 is 0 Å². The van der Waals surface area contributed by atoms with Crippen LogP contribution < -0.4 is 5.32 Å². The highest BCUT2D eigenvalue weighted by molar-refractivity contribution is 6.06. The second kappa shape index (κ2) is 4.89. The zero-order valence-electron chi connectivity index (χ0n) is 10.1. The number of carbonyl (C=O) groups is 1. The summed E-state index contributed by atoms with van der Waals surface area (Å²) in [4.78, 5) is 16.1. The molecule has 0 radical (unpaired) electrons. The van der Waals surface area contributed by atoms with Crippen LogP contribution in [0.25, 0.3) is 10.8 Å². The van der Waals surface area contributed by atoms with E-state index in [4.69, 9.17) is 0 Å². The molecular weight excluding hydrogens is 240 g/mol. The van der Waals surface area contributed by atoms with E-state index in [0.29, 0.717) is 17.9 Å². The van der Waals surface area contributed by atoms with Gasteiger partial charge in [0.25, 0.3) is 5.91 Å². The lowest BCUT2D eigenvalue weighted by molar-refractivity contribution is 0.0951. The Morgan fingerprint density at radius 2 is 2.00 bits per heavy atom. The molecule has 2 aromatic carbocycles. The van der Waals surface area contributed by atoms with Gasteiger partial charge in [-0.2, -0.15) is 5.10 Å². The molecule has 5 heteroatoms. The second-order valence-electron chi connectivity index (χ2n) is 4.14. The molecule has 0 saturated carbocycles. The number of aromatic nitrogens is 3. The Kier molecular flexibility index (Phi) is 2.94. The van der Waals surface area contributed by atoms with Gasteiger partial charge in [0.15, 0.2) is 0 Å². The summed E-state index contributed by atoms with van der Waals surface area (Å²) in [6.07, 6.45) is 1.42. The van der Waals surface area contributed by atoms with Crippen LogP contribution in [0.1, 0.15) is 16.2 Å². The molecule has 3 rings (SSSR count). The molecule has 0 saturated heterocycles. The largest absolute Gasteiger partial charge is 0.345 e. The van der Waals surface area contributed by atoms with Crippen molar-refractivity contribution in [3.8, 4) is 0 Å². The van der Waals surface area contributed by atoms with Crippen LogP contribution in [0.3, 0.4) is 0 Å². The first kappa shape index (κ1) is 11.4. The Balaban J connectivity index is 1.85. The van der Waals surface area contributed by atoms with Gasteiger partial charge in [0.2, 0.25) is 0 Å². The highest BCUT2D eigenvalue weighted by Gasteiger charge is 2.09. The van der Waals surface area contributed by atoms with Crippen LogP contribution >= 0.6 is 0 Å². The van der Waals surface area contributed by atoms with Crippen molar-refractivity contribution < 1.29 is 4.79 Å². The minimum absolute atomic E-state index is 0.117. The maximum atomic E-state index is 12.2. The number of H-pyrrole nitrogens is 1. The van der Waals surface area contributed by atoms with Crippen molar-refractivity contribution in [3.05, 3.63) is 60.2 Å².